The maximum Gasteiger partial charge on any atom is 0.119 e. The lowest BCUT2D eigenvalue weighted by atomic mass is 10.1. The molecular formula is C14H17NO2. The van der Waals surface area contributed by atoms with E-state index in [-0.39, 0.29) is 6.61 Å². The lowest BCUT2D eigenvalue weighted by Crippen LogP contribution is -2.06. The Labute approximate surface area is 101 Å². The van der Waals surface area contributed by atoms with Crippen molar-refractivity contribution >= 4 is 10.9 Å². The number of benzene rings is 1. The molecule has 0 radical (unpaired) electrons. The predicted molar refractivity (Wildman–Crippen MR) is 67.5 cm³/mol. The molecule has 1 heterocycles. The Balaban J connectivity index is 2.20. The molecule has 1 unspecified atom stereocenters. The SMILES string of the molecule is COc1ccc2c(c1)c1c(n2C)CC(CO)C1. The van der Waals surface area contributed by atoms with E-state index in [1.807, 2.05) is 6.07 Å². The second-order valence-electron chi connectivity index (χ2n) is 4.82. The number of hydrogen-bond donors (Lipinski definition) is 1. The van der Waals surface area contributed by atoms with E-state index < -0.39 is 0 Å². The van der Waals surface area contributed by atoms with Gasteiger partial charge in [-0.15, -0.1) is 0 Å². The van der Waals surface area contributed by atoms with Gasteiger partial charge < -0.3 is 14.4 Å². The summed E-state index contributed by atoms with van der Waals surface area (Å²) < 4.78 is 7.54. The minimum atomic E-state index is 0.278. The lowest BCUT2D eigenvalue weighted by Gasteiger charge is -2.07. The van der Waals surface area contributed by atoms with Crippen molar-refractivity contribution in [2.24, 2.45) is 13.0 Å². The quantitative estimate of drug-likeness (QED) is 0.856. The molecule has 1 aromatic carbocycles. The first kappa shape index (κ1) is 10.7. The van der Waals surface area contributed by atoms with Crippen molar-refractivity contribution in [3.05, 3.63) is 29.5 Å². The first-order valence-electron chi connectivity index (χ1n) is 5.99. The molecule has 0 aliphatic heterocycles. The summed E-state index contributed by atoms with van der Waals surface area (Å²) in [6.45, 7) is 0.278. The maximum atomic E-state index is 9.29. The normalized spacial score (nSPS) is 18.6. The van der Waals surface area contributed by atoms with Crippen LogP contribution in [0.5, 0.6) is 5.75 Å². The monoisotopic (exact) mass is 231 g/mol. The number of aliphatic hydroxyl groups excluding tert-OH is 1. The number of aliphatic hydroxyl groups is 1. The van der Waals surface area contributed by atoms with Crippen LogP contribution in [-0.4, -0.2) is 23.4 Å². The zero-order chi connectivity index (χ0) is 12.0. The van der Waals surface area contributed by atoms with Gasteiger partial charge in [0.1, 0.15) is 5.75 Å². The molecule has 3 rings (SSSR count). The summed E-state index contributed by atoms with van der Waals surface area (Å²) in [7, 11) is 3.80. The molecule has 3 heteroatoms. The molecule has 17 heavy (non-hydrogen) atoms. The standard InChI is InChI=1S/C14H17NO2/c1-15-13-4-3-10(17-2)7-12(13)11-5-9(8-16)6-14(11)15/h3-4,7,9,16H,5-6,8H2,1-2H3. The molecule has 1 atom stereocenters. The van der Waals surface area contributed by atoms with Crippen molar-refractivity contribution in [3.63, 3.8) is 0 Å². The van der Waals surface area contributed by atoms with Crippen molar-refractivity contribution in [1.82, 2.24) is 4.57 Å². The van der Waals surface area contributed by atoms with Crippen LogP contribution in [0.15, 0.2) is 18.2 Å². The Bertz CT molecular complexity index is 571. The second kappa shape index (κ2) is 3.77. The van der Waals surface area contributed by atoms with E-state index in [4.69, 9.17) is 4.74 Å². The largest absolute Gasteiger partial charge is 0.497 e. The van der Waals surface area contributed by atoms with Crippen LogP contribution in [0.2, 0.25) is 0 Å². The highest BCUT2D eigenvalue weighted by atomic mass is 16.5. The van der Waals surface area contributed by atoms with Crippen molar-refractivity contribution < 1.29 is 9.84 Å². The van der Waals surface area contributed by atoms with Crippen LogP contribution in [0.3, 0.4) is 0 Å². The molecule has 1 aromatic heterocycles. The predicted octanol–water partition coefficient (Wildman–Crippen LogP) is 1.89. The van der Waals surface area contributed by atoms with Gasteiger partial charge >= 0.3 is 0 Å². The molecule has 0 saturated heterocycles. The molecule has 1 aliphatic carbocycles. The third kappa shape index (κ3) is 1.46. The Morgan fingerprint density at radius 1 is 1.41 bits per heavy atom. The van der Waals surface area contributed by atoms with Crippen LogP contribution in [0.25, 0.3) is 10.9 Å². The molecular weight excluding hydrogens is 214 g/mol. The van der Waals surface area contributed by atoms with E-state index in [1.165, 1.54) is 22.2 Å². The summed E-state index contributed by atoms with van der Waals surface area (Å²) in [4.78, 5) is 0. The Hall–Kier alpha value is -1.48. The molecule has 1 N–H and O–H groups in total. The number of methoxy groups -OCH3 is 1. The zero-order valence-electron chi connectivity index (χ0n) is 10.2. The molecule has 0 saturated carbocycles. The van der Waals surface area contributed by atoms with Gasteiger partial charge in [-0.1, -0.05) is 0 Å². The van der Waals surface area contributed by atoms with Gasteiger partial charge in [-0.25, -0.2) is 0 Å². The van der Waals surface area contributed by atoms with E-state index >= 15 is 0 Å². The Morgan fingerprint density at radius 3 is 2.94 bits per heavy atom. The van der Waals surface area contributed by atoms with Crippen LogP contribution in [0, 0.1) is 5.92 Å². The van der Waals surface area contributed by atoms with E-state index in [2.05, 4.69) is 23.7 Å². The smallest absolute Gasteiger partial charge is 0.119 e. The minimum Gasteiger partial charge on any atom is -0.497 e. The maximum absolute atomic E-state index is 9.29. The van der Waals surface area contributed by atoms with Crippen molar-refractivity contribution in [1.29, 1.82) is 0 Å². The van der Waals surface area contributed by atoms with Crippen LogP contribution in [-0.2, 0) is 19.9 Å². The van der Waals surface area contributed by atoms with Gasteiger partial charge in [0.25, 0.3) is 0 Å². The molecule has 0 amide bonds. The summed E-state index contributed by atoms with van der Waals surface area (Å²) in [5.74, 6) is 1.29. The topological polar surface area (TPSA) is 34.4 Å². The van der Waals surface area contributed by atoms with Gasteiger partial charge in [-0.05, 0) is 42.5 Å². The van der Waals surface area contributed by atoms with Gasteiger partial charge in [0.2, 0.25) is 0 Å². The van der Waals surface area contributed by atoms with Gasteiger partial charge in [0, 0.05) is 30.3 Å². The molecule has 2 aromatic rings. The number of fused-ring (bicyclic) bond motifs is 3. The lowest BCUT2D eigenvalue weighted by molar-refractivity contribution is 0.231. The van der Waals surface area contributed by atoms with Crippen LogP contribution < -0.4 is 4.74 Å². The first-order chi connectivity index (χ1) is 8.24. The third-order valence-electron chi connectivity index (χ3n) is 3.88. The second-order valence-corrected chi connectivity index (χ2v) is 4.82. The summed E-state index contributed by atoms with van der Waals surface area (Å²) in [5.41, 5.74) is 4.01. The fourth-order valence-corrected chi connectivity index (χ4v) is 2.93. The number of hydrogen-bond acceptors (Lipinski definition) is 2. The highest BCUT2D eigenvalue weighted by Crippen LogP contribution is 2.36. The van der Waals surface area contributed by atoms with E-state index in [0.29, 0.717) is 5.92 Å². The van der Waals surface area contributed by atoms with Gasteiger partial charge in [-0.3, -0.25) is 0 Å². The number of aryl methyl sites for hydroxylation is 1. The van der Waals surface area contributed by atoms with E-state index in [0.717, 1.165) is 18.6 Å². The highest BCUT2D eigenvalue weighted by Gasteiger charge is 2.26. The molecule has 0 bridgehead atoms. The number of nitrogens with zero attached hydrogens (tertiary/aromatic N) is 1. The summed E-state index contributed by atoms with van der Waals surface area (Å²) >= 11 is 0. The van der Waals surface area contributed by atoms with Gasteiger partial charge in [0.15, 0.2) is 0 Å². The summed E-state index contributed by atoms with van der Waals surface area (Å²) in [6, 6.07) is 6.22. The van der Waals surface area contributed by atoms with Crippen LogP contribution in [0.4, 0.5) is 0 Å². The number of aromatic nitrogens is 1. The third-order valence-corrected chi connectivity index (χ3v) is 3.88. The van der Waals surface area contributed by atoms with E-state index in [1.54, 1.807) is 7.11 Å². The zero-order valence-corrected chi connectivity index (χ0v) is 10.2. The average Bonchev–Trinajstić information content (AvgIpc) is 2.89. The molecule has 90 valence electrons. The van der Waals surface area contributed by atoms with E-state index in [9.17, 15) is 5.11 Å². The summed E-state index contributed by atoms with van der Waals surface area (Å²) in [5, 5.41) is 10.6. The Morgan fingerprint density at radius 2 is 2.24 bits per heavy atom. The van der Waals surface area contributed by atoms with Crippen molar-refractivity contribution in [3.8, 4) is 5.75 Å². The number of ether oxygens (including phenoxy) is 1. The van der Waals surface area contributed by atoms with Crippen molar-refractivity contribution in [2.75, 3.05) is 13.7 Å². The molecule has 0 spiro atoms. The minimum absolute atomic E-state index is 0.278. The van der Waals surface area contributed by atoms with Crippen LogP contribution in [0.1, 0.15) is 11.3 Å². The van der Waals surface area contributed by atoms with Crippen LogP contribution >= 0.6 is 0 Å². The van der Waals surface area contributed by atoms with Gasteiger partial charge in [0.05, 0.1) is 7.11 Å². The summed E-state index contributed by atoms with van der Waals surface area (Å²) in [6.07, 6.45) is 1.97. The highest BCUT2D eigenvalue weighted by molar-refractivity contribution is 5.87. The Kier molecular flexibility index (Phi) is 2.37. The fourth-order valence-electron chi connectivity index (χ4n) is 2.93. The van der Waals surface area contributed by atoms with Gasteiger partial charge in [-0.2, -0.15) is 0 Å². The molecule has 3 nitrogen and oxygen atoms in total. The fraction of sp³-hybridized carbons (Fsp3) is 0.429. The van der Waals surface area contributed by atoms with Crippen molar-refractivity contribution in [2.45, 2.75) is 12.8 Å². The molecule has 1 aliphatic rings. The first-order valence-corrected chi connectivity index (χ1v) is 5.99. The molecule has 0 fully saturated rings. The number of rotatable bonds is 2. The average molecular weight is 231 g/mol.